The minimum atomic E-state index is 0.539. The van der Waals surface area contributed by atoms with Crippen molar-refractivity contribution >= 4 is 44.5 Å². The average Bonchev–Trinajstić information content (AvgIpc) is 2.33. The molecule has 0 saturated heterocycles. The zero-order chi connectivity index (χ0) is 9.84. The van der Waals surface area contributed by atoms with E-state index in [4.69, 9.17) is 18.0 Å². The molecule has 0 radical (unpaired) electrons. The fraction of sp³-hybridized carbons (Fsp3) is 0.375. The molecular weight excluding hydrogens is 268 g/mol. The molecule has 0 aliphatic heterocycles. The van der Waals surface area contributed by atoms with Crippen molar-refractivity contribution in [3.8, 4) is 0 Å². The SMILES string of the molecule is CN(CC(N)=S)Cc1csc(Br)c1. The smallest absolute Gasteiger partial charge is 0.0870 e. The lowest BCUT2D eigenvalue weighted by molar-refractivity contribution is 0.375. The van der Waals surface area contributed by atoms with Crippen LogP contribution >= 0.6 is 39.5 Å². The van der Waals surface area contributed by atoms with Crippen molar-refractivity contribution in [3.05, 3.63) is 20.8 Å². The molecule has 0 amide bonds. The third-order valence-electron chi connectivity index (χ3n) is 1.50. The van der Waals surface area contributed by atoms with Crippen molar-refractivity contribution in [3.63, 3.8) is 0 Å². The van der Waals surface area contributed by atoms with E-state index in [-0.39, 0.29) is 0 Å². The first-order valence-electron chi connectivity index (χ1n) is 3.77. The molecule has 0 fully saturated rings. The molecule has 0 aliphatic rings. The fourth-order valence-electron chi connectivity index (χ4n) is 1.06. The molecule has 13 heavy (non-hydrogen) atoms. The van der Waals surface area contributed by atoms with Crippen LogP contribution < -0.4 is 5.73 Å². The van der Waals surface area contributed by atoms with Crippen LogP contribution in [0.1, 0.15) is 5.56 Å². The predicted molar refractivity (Wildman–Crippen MR) is 65.1 cm³/mol. The van der Waals surface area contributed by atoms with Crippen LogP contribution in [0.2, 0.25) is 0 Å². The van der Waals surface area contributed by atoms with Gasteiger partial charge in [0.15, 0.2) is 0 Å². The van der Waals surface area contributed by atoms with Crippen LogP contribution in [0.5, 0.6) is 0 Å². The van der Waals surface area contributed by atoms with E-state index in [0.717, 1.165) is 10.3 Å². The number of likely N-dealkylation sites (N-methyl/N-ethyl adjacent to an activating group) is 1. The predicted octanol–water partition coefficient (Wildman–Crippen LogP) is 2.23. The highest BCUT2D eigenvalue weighted by molar-refractivity contribution is 9.11. The highest BCUT2D eigenvalue weighted by Crippen LogP contribution is 2.21. The van der Waals surface area contributed by atoms with Gasteiger partial charge in [-0.15, -0.1) is 11.3 Å². The number of hydrogen-bond acceptors (Lipinski definition) is 3. The van der Waals surface area contributed by atoms with E-state index in [0.29, 0.717) is 11.5 Å². The molecule has 0 aromatic carbocycles. The normalized spacial score (nSPS) is 10.7. The van der Waals surface area contributed by atoms with Crippen molar-refractivity contribution in [2.24, 2.45) is 5.73 Å². The molecule has 0 unspecified atom stereocenters. The van der Waals surface area contributed by atoms with Crippen LogP contribution in [0, 0.1) is 0 Å². The van der Waals surface area contributed by atoms with E-state index in [9.17, 15) is 0 Å². The molecule has 1 rings (SSSR count). The number of nitrogens with zero attached hydrogens (tertiary/aromatic N) is 1. The second-order valence-electron chi connectivity index (χ2n) is 2.90. The van der Waals surface area contributed by atoms with E-state index >= 15 is 0 Å². The summed E-state index contributed by atoms with van der Waals surface area (Å²) >= 11 is 9.94. The number of rotatable bonds is 4. The third-order valence-corrected chi connectivity index (χ3v) is 3.18. The van der Waals surface area contributed by atoms with E-state index in [1.807, 2.05) is 7.05 Å². The van der Waals surface area contributed by atoms with E-state index in [1.54, 1.807) is 11.3 Å². The Bertz CT molecular complexity index is 298. The molecule has 2 N–H and O–H groups in total. The minimum Gasteiger partial charge on any atom is -0.392 e. The Morgan fingerprint density at radius 2 is 2.46 bits per heavy atom. The molecule has 0 saturated carbocycles. The quantitative estimate of drug-likeness (QED) is 0.857. The summed E-state index contributed by atoms with van der Waals surface area (Å²) in [6, 6.07) is 2.11. The molecule has 5 heteroatoms. The number of halogens is 1. The fourth-order valence-corrected chi connectivity index (χ4v) is 2.48. The van der Waals surface area contributed by atoms with Gasteiger partial charge in [0, 0.05) is 13.1 Å². The van der Waals surface area contributed by atoms with Crippen LogP contribution in [0.25, 0.3) is 0 Å². The van der Waals surface area contributed by atoms with Gasteiger partial charge in [-0.25, -0.2) is 0 Å². The van der Waals surface area contributed by atoms with Crippen molar-refractivity contribution in [2.45, 2.75) is 6.54 Å². The van der Waals surface area contributed by atoms with Gasteiger partial charge < -0.3 is 5.73 Å². The number of nitrogens with two attached hydrogens (primary N) is 1. The molecule has 0 aliphatic carbocycles. The molecule has 1 heterocycles. The van der Waals surface area contributed by atoms with Crippen LogP contribution in [0.4, 0.5) is 0 Å². The van der Waals surface area contributed by atoms with Gasteiger partial charge >= 0.3 is 0 Å². The Hall–Kier alpha value is 0.0300. The summed E-state index contributed by atoms with van der Waals surface area (Å²) < 4.78 is 1.16. The lowest BCUT2D eigenvalue weighted by atomic mass is 10.3. The number of thiophene rings is 1. The van der Waals surface area contributed by atoms with Gasteiger partial charge in [-0.2, -0.15) is 0 Å². The monoisotopic (exact) mass is 278 g/mol. The van der Waals surface area contributed by atoms with Crippen molar-refractivity contribution in [2.75, 3.05) is 13.6 Å². The van der Waals surface area contributed by atoms with Gasteiger partial charge in [0.25, 0.3) is 0 Å². The maximum atomic E-state index is 5.44. The Morgan fingerprint density at radius 3 is 2.92 bits per heavy atom. The molecule has 0 atom stereocenters. The van der Waals surface area contributed by atoms with Crippen molar-refractivity contribution in [1.82, 2.24) is 4.90 Å². The summed E-state index contributed by atoms with van der Waals surface area (Å²) in [6.45, 7) is 1.56. The lowest BCUT2D eigenvalue weighted by Gasteiger charge is -2.13. The number of hydrogen-bond donors (Lipinski definition) is 1. The summed E-state index contributed by atoms with van der Waals surface area (Å²) in [5.41, 5.74) is 6.72. The lowest BCUT2D eigenvalue weighted by Crippen LogP contribution is -2.28. The Morgan fingerprint density at radius 1 is 1.77 bits per heavy atom. The Labute approximate surface area is 95.9 Å². The van der Waals surface area contributed by atoms with E-state index in [1.165, 1.54) is 5.56 Å². The van der Waals surface area contributed by atoms with Crippen LogP contribution in [-0.2, 0) is 6.54 Å². The molecule has 1 aromatic heterocycles. The van der Waals surface area contributed by atoms with E-state index in [2.05, 4.69) is 32.3 Å². The molecule has 1 aromatic rings. The Balaban J connectivity index is 2.44. The van der Waals surface area contributed by atoms with Crippen LogP contribution in [0.3, 0.4) is 0 Å². The Kier molecular flexibility index (Phi) is 4.31. The van der Waals surface area contributed by atoms with E-state index < -0.39 is 0 Å². The van der Waals surface area contributed by atoms with Crippen molar-refractivity contribution in [1.29, 1.82) is 0 Å². The second-order valence-corrected chi connectivity index (χ2v) is 5.71. The minimum absolute atomic E-state index is 0.539. The first-order valence-corrected chi connectivity index (χ1v) is 5.86. The average molecular weight is 279 g/mol. The molecule has 0 bridgehead atoms. The van der Waals surface area contributed by atoms with Crippen molar-refractivity contribution < 1.29 is 0 Å². The zero-order valence-electron chi connectivity index (χ0n) is 7.29. The summed E-state index contributed by atoms with van der Waals surface area (Å²) in [7, 11) is 2.00. The molecular formula is C8H11BrN2S2. The van der Waals surface area contributed by atoms with Gasteiger partial charge in [-0.3, -0.25) is 4.90 Å². The summed E-state index contributed by atoms with van der Waals surface area (Å²) in [5.74, 6) is 0. The third kappa shape index (κ3) is 4.17. The summed E-state index contributed by atoms with van der Waals surface area (Å²) in [4.78, 5) is 2.63. The topological polar surface area (TPSA) is 29.3 Å². The van der Waals surface area contributed by atoms with Gasteiger partial charge in [-0.1, -0.05) is 12.2 Å². The largest absolute Gasteiger partial charge is 0.392 e. The van der Waals surface area contributed by atoms with Gasteiger partial charge in [-0.05, 0) is 40.0 Å². The number of thiocarbonyl (C=S) groups is 1. The maximum absolute atomic E-state index is 5.44. The summed E-state index contributed by atoms with van der Waals surface area (Å²) in [5, 5.41) is 2.13. The highest BCUT2D eigenvalue weighted by atomic mass is 79.9. The first-order chi connectivity index (χ1) is 6.08. The van der Waals surface area contributed by atoms with Crippen LogP contribution in [-0.4, -0.2) is 23.5 Å². The van der Waals surface area contributed by atoms with Crippen LogP contribution in [0.15, 0.2) is 15.2 Å². The first kappa shape index (κ1) is 11.1. The molecule has 2 nitrogen and oxygen atoms in total. The molecule has 0 spiro atoms. The second kappa shape index (κ2) is 5.05. The zero-order valence-corrected chi connectivity index (χ0v) is 10.5. The van der Waals surface area contributed by atoms with Gasteiger partial charge in [0.05, 0.1) is 8.77 Å². The maximum Gasteiger partial charge on any atom is 0.0870 e. The summed E-state index contributed by atoms with van der Waals surface area (Å²) in [6.07, 6.45) is 0. The standard InChI is InChI=1S/C8H11BrN2S2/c1-11(4-8(10)12)3-6-2-7(9)13-5-6/h2,5H,3-4H2,1H3,(H2,10,12). The molecule has 72 valence electrons. The highest BCUT2D eigenvalue weighted by Gasteiger charge is 2.02. The van der Waals surface area contributed by atoms with Gasteiger partial charge in [0.1, 0.15) is 0 Å². The van der Waals surface area contributed by atoms with Gasteiger partial charge in [0.2, 0.25) is 0 Å².